The Morgan fingerprint density at radius 3 is 2.24 bits per heavy atom. The molecule has 2 aliphatic heterocycles. The van der Waals surface area contributed by atoms with Crippen molar-refractivity contribution < 1.29 is 0 Å². The van der Waals surface area contributed by atoms with E-state index >= 15 is 0 Å². The third-order valence-corrected chi connectivity index (χ3v) is 5.35. The highest BCUT2D eigenvalue weighted by Crippen LogP contribution is 2.30. The van der Waals surface area contributed by atoms with E-state index in [2.05, 4.69) is 5.32 Å². The van der Waals surface area contributed by atoms with Crippen LogP contribution >= 0.6 is 11.6 Å². The minimum atomic E-state index is 0.204. The number of nitrogens with one attached hydrogen (secondary N) is 1. The molecule has 2 saturated heterocycles. The highest BCUT2D eigenvalue weighted by Gasteiger charge is 2.33. The van der Waals surface area contributed by atoms with Gasteiger partial charge in [0, 0.05) is 17.8 Å². The SMILES string of the molecule is CC(N)=C(C(N)=NC1CC2CCC(C1)N2)/C(Cl)=C(\N)c1ccccc1. The first-order chi connectivity index (χ1) is 12.0. The number of nitrogens with two attached hydrogens (primary N) is 3. The van der Waals surface area contributed by atoms with Gasteiger partial charge in [-0.05, 0) is 38.2 Å². The number of benzene rings is 1. The van der Waals surface area contributed by atoms with Gasteiger partial charge in [0.15, 0.2) is 0 Å². The smallest absolute Gasteiger partial charge is 0.129 e. The van der Waals surface area contributed by atoms with E-state index in [0.717, 1.165) is 18.4 Å². The summed E-state index contributed by atoms with van der Waals surface area (Å²) in [6.45, 7) is 1.77. The summed E-state index contributed by atoms with van der Waals surface area (Å²) in [7, 11) is 0. The van der Waals surface area contributed by atoms with Gasteiger partial charge in [-0.3, -0.25) is 4.99 Å². The Balaban J connectivity index is 1.88. The summed E-state index contributed by atoms with van der Waals surface area (Å²) in [6, 6.07) is 10.9. The molecule has 0 radical (unpaired) electrons. The molecule has 7 N–H and O–H groups in total. The molecule has 2 fully saturated rings. The van der Waals surface area contributed by atoms with Crippen LogP contribution in [0.3, 0.4) is 0 Å². The van der Waals surface area contributed by atoms with Gasteiger partial charge in [-0.1, -0.05) is 41.9 Å². The molecule has 0 spiro atoms. The lowest BCUT2D eigenvalue weighted by atomic mass is 10.00. The molecule has 1 aromatic carbocycles. The predicted molar refractivity (Wildman–Crippen MR) is 105 cm³/mol. The van der Waals surface area contributed by atoms with Crippen LogP contribution in [0.5, 0.6) is 0 Å². The minimum absolute atomic E-state index is 0.204. The zero-order valence-corrected chi connectivity index (χ0v) is 15.3. The molecule has 5 nitrogen and oxygen atoms in total. The topological polar surface area (TPSA) is 102 Å². The molecule has 2 unspecified atom stereocenters. The first-order valence-corrected chi connectivity index (χ1v) is 9.10. The highest BCUT2D eigenvalue weighted by molar-refractivity contribution is 6.38. The summed E-state index contributed by atoms with van der Waals surface area (Å²) in [6.07, 6.45) is 4.45. The number of fused-ring (bicyclic) bond motifs is 2. The summed E-state index contributed by atoms with van der Waals surface area (Å²) in [4.78, 5) is 4.74. The van der Waals surface area contributed by atoms with E-state index in [1.54, 1.807) is 6.92 Å². The van der Waals surface area contributed by atoms with Gasteiger partial charge in [-0.25, -0.2) is 0 Å². The Morgan fingerprint density at radius 1 is 1.08 bits per heavy atom. The van der Waals surface area contributed by atoms with Crippen LogP contribution in [-0.4, -0.2) is 24.0 Å². The molecule has 2 aliphatic rings. The van der Waals surface area contributed by atoms with E-state index < -0.39 is 0 Å². The Kier molecular flexibility index (Phi) is 5.35. The Bertz CT molecular complexity index is 707. The fraction of sp³-hybridized carbons (Fsp3) is 0.421. The van der Waals surface area contributed by atoms with Gasteiger partial charge < -0.3 is 22.5 Å². The van der Waals surface area contributed by atoms with Gasteiger partial charge >= 0.3 is 0 Å². The van der Waals surface area contributed by atoms with Gasteiger partial charge in [0.05, 0.1) is 22.3 Å². The number of allylic oxidation sites excluding steroid dienone is 1. The lowest BCUT2D eigenvalue weighted by Gasteiger charge is -2.27. The van der Waals surface area contributed by atoms with Gasteiger partial charge in [0.25, 0.3) is 0 Å². The van der Waals surface area contributed by atoms with Crippen LogP contribution in [0.4, 0.5) is 0 Å². The Labute approximate surface area is 154 Å². The molecule has 0 amide bonds. The van der Waals surface area contributed by atoms with Crippen LogP contribution in [0.2, 0.25) is 0 Å². The molecule has 2 bridgehead atoms. The van der Waals surface area contributed by atoms with E-state index in [-0.39, 0.29) is 6.04 Å². The molecule has 134 valence electrons. The standard InChI is InChI=1S/C19H26ClN5/c1-11(21)16(17(20)18(22)12-5-3-2-4-6-12)19(23)25-15-9-13-7-8-14(10-15)24-13/h2-6,13-15,24H,7-10,21-22H2,1H3,(H2,23,25)/b16-11?,18-17+. The number of nitrogens with zero attached hydrogens (tertiary/aromatic N) is 1. The van der Waals surface area contributed by atoms with E-state index in [0.29, 0.717) is 39.9 Å². The average Bonchev–Trinajstić information content (AvgIpc) is 2.93. The second-order valence-corrected chi connectivity index (χ2v) is 7.31. The van der Waals surface area contributed by atoms with Crippen molar-refractivity contribution in [3.8, 4) is 0 Å². The van der Waals surface area contributed by atoms with Gasteiger partial charge in [0.1, 0.15) is 5.84 Å². The van der Waals surface area contributed by atoms with Gasteiger partial charge in [0.2, 0.25) is 0 Å². The molecule has 6 heteroatoms. The average molecular weight is 360 g/mol. The second kappa shape index (κ2) is 7.50. The summed E-state index contributed by atoms with van der Waals surface area (Å²) in [5.74, 6) is 0.371. The van der Waals surface area contributed by atoms with Crippen LogP contribution < -0.4 is 22.5 Å². The van der Waals surface area contributed by atoms with Crippen LogP contribution in [0.25, 0.3) is 5.70 Å². The fourth-order valence-electron chi connectivity index (χ4n) is 3.76. The summed E-state index contributed by atoms with van der Waals surface area (Å²) < 4.78 is 0. The van der Waals surface area contributed by atoms with Crippen molar-refractivity contribution in [2.24, 2.45) is 22.2 Å². The number of halogens is 1. The maximum atomic E-state index is 6.55. The Morgan fingerprint density at radius 2 is 1.68 bits per heavy atom. The van der Waals surface area contributed by atoms with Crippen molar-refractivity contribution >= 4 is 23.1 Å². The largest absolute Gasteiger partial charge is 0.402 e. The lowest BCUT2D eigenvalue weighted by molar-refractivity contribution is 0.364. The summed E-state index contributed by atoms with van der Waals surface area (Å²) in [5, 5.41) is 3.96. The molecule has 3 rings (SSSR count). The number of amidine groups is 1. The van der Waals surface area contributed by atoms with Crippen molar-refractivity contribution in [3.05, 3.63) is 52.2 Å². The monoisotopic (exact) mass is 359 g/mol. The zero-order valence-electron chi connectivity index (χ0n) is 14.5. The number of rotatable bonds is 4. The van der Waals surface area contributed by atoms with Crippen LogP contribution in [0, 0.1) is 0 Å². The molecule has 0 aromatic heterocycles. The third kappa shape index (κ3) is 3.99. The molecule has 25 heavy (non-hydrogen) atoms. The van der Waals surface area contributed by atoms with Crippen LogP contribution in [-0.2, 0) is 0 Å². The van der Waals surface area contributed by atoms with Gasteiger partial charge in [-0.15, -0.1) is 0 Å². The van der Waals surface area contributed by atoms with Crippen molar-refractivity contribution in [1.29, 1.82) is 0 Å². The fourth-order valence-corrected chi connectivity index (χ4v) is 4.12. The molecule has 1 aromatic rings. The Hall–Kier alpha value is -1.98. The van der Waals surface area contributed by atoms with E-state index in [4.69, 9.17) is 33.8 Å². The molecule has 2 heterocycles. The van der Waals surface area contributed by atoms with Crippen molar-refractivity contribution in [2.45, 2.75) is 50.7 Å². The maximum absolute atomic E-state index is 6.55. The number of piperidine rings is 1. The number of hydrogen-bond donors (Lipinski definition) is 4. The number of aliphatic imine (C=N–C) groups is 1. The van der Waals surface area contributed by atoms with Crippen LogP contribution in [0.1, 0.15) is 38.2 Å². The number of hydrogen-bond acceptors (Lipinski definition) is 4. The van der Waals surface area contributed by atoms with Crippen molar-refractivity contribution in [2.75, 3.05) is 0 Å². The maximum Gasteiger partial charge on any atom is 0.129 e. The minimum Gasteiger partial charge on any atom is -0.402 e. The van der Waals surface area contributed by atoms with Gasteiger partial charge in [-0.2, -0.15) is 0 Å². The lowest BCUT2D eigenvalue weighted by Crippen LogP contribution is -2.40. The van der Waals surface area contributed by atoms with Crippen molar-refractivity contribution in [1.82, 2.24) is 5.32 Å². The first kappa shape index (κ1) is 17.8. The van der Waals surface area contributed by atoms with Crippen LogP contribution in [0.15, 0.2) is 51.6 Å². The molecule has 2 atom stereocenters. The molecule has 0 saturated carbocycles. The molecule has 0 aliphatic carbocycles. The normalized spacial score (nSPS) is 28.4. The first-order valence-electron chi connectivity index (χ1n) is 8.72. The van der Waals surface area contributed by atoms with Crippen molar-refractivity contribution in [3.63, 3.8) is 0 Å². The second-order valence-electron chi connectivity index (χ2n) is 6.93. The zero-order chi connectivity index (χ0) is 18.0. The quantitative estimate of drug-likeness (QED) is 0.376. The van der Waals surface area contributed by atoms with E-state index in [1.165, 1.54) is 12.8 Å². The molecular formula is C19H26ClN5. The van der Waals surface area contributed by atoms with E-state index in [9.17, 15) is 0 Å². The summed E-state index contributed by atoms with van der Waals surface area (Å²) in [5.41, 5.74) is 20.9. The predicted octanol–water partition coefficient (Wildman–Crippen LogP) is 2.43. The molecular weight excluding hydrogens is 334 g/mol. The third-order valence-electron chi connectivity index (χ3n) is 4.96. The highest BCUT2D eigenvalue weighted by atomic mass is 35.5. The summed E-state index contributed by atoms with van der Waals surface area (Å²) >= 11 is 6.55. The van der Waals surface area contributed by atoms with E-state index in [1.807, 2.05) is 30.3 Å².